The molecular weight excluding hydrogens is 274 g/mol. The van der Waals surface area contributed by atoms with Crippen LogP contribution >= 0.6 is 0 Å². The van der Waals surface area contributed by atoms with Crippen LogP contribution in [0.25, 0.3) is 0 Å². The van der Waals surface area contributed by atoms with Crippen LogP contribution < -0.4 is 5.32 Å². The third-order valence-corrected chi connectivity index (χ3v) is 4.68. The first-order valence-corrected chi connectivity index (χ1v) is 8.02. The lowest BCUT2D eigenvalue weighted by Crippen LogP contribution is -2.10. The van der Waals surface area contributed by atoms with E-state index in [0.29, 0.717) is 23.0 Å². The predicted molar refractivity (Wildman–Crippen MR) is 78.3 cm³/mol. The molecule has 5 nitrogen and oxygen atoms in total. The van der Waals surface area contributed by atoms with Gasteiger partial charge in [-0.05, 0) is 25.1 Å². The minimum absolute atomic E-state index is 0.0817. The van der Waals surface area contributed by atoms with Gasteiger partial charge in [-0.15, -0.1) is 0 Å². The van der Waals surface area contributed by atoms with E-state index in [4.69, 9.17) is 0 Å². The average Bonchev–Trinajstić information content (AvgIpc) is 2.45. The molecule has 0 spiro atoms. The van der Waals surface area contributed by atoms with Crippen LogP contribution in [-0.4, -0.2) is 24.1 Å². The molecule has 0 atom stereocenters. The fraction of sp³-hybridized carbons (Fsp3) is 0.286. The van der Waals surface area contributed by atoms with Crippen LogP contribution in [0.15, 0.2) is 41.4 Å². The highest BCUT2D eigenvalue weighted by Crippen LogP contribution is 2.22. The molecule has 0 fully saturated rings. The Morgan fingerprint density at radius 1 is 1.20 bits per heavy atom. The molecule has 2 rings (SSSR count). The van der Waals surface area contributed by atoms with E-state index in [-0.39, 0.29) is 5.75 Å². The molecular formula is C14H17N3O2S. The molecule has 0 bridgehead atoms. The topological polar surface area (TPSA) is 72.0 Å². The Bertz CT molecular complexity index is 699. The van der Waals surface area contributed by atoms with Gasteiger partial charge in [0.25, 0.3) is 0 Å². The molecule has 20 heavy (non-hydrogen) atoms. The third-order valence-electron chi connectivity index (χ3n) is 2.90. The zero-order valence-corrected chi connectivity index (χ0v) is 12.3. The largest absolute Gasteiger partial charge is 0.378 e. The number of nitrogens with zero attached hydrogens (tertiary/aromatic N) is 2. The molecule has 0 aliphatic heterocycles. The fourth-order valence-corrected chi connectivity index (χ4v) is 2.90. The quantitative estimate of drug-likeness (QED) is 0.914. The molecule has 1 aromatic heterocycles. The Balaban J connectivity index is 2.22. The van der Waals surface area contributed by atoms with Crippen molar-refractivity contribution in [3.05, 3.63) is 48.0 Å². The standard InChI is InChI=1S/C14H17N3O2S/c1-3-20(18,19)14-7-5-4-6-13(14)16-10-12-8-9-15-11(2)17-12/h4-9,16H,3,10H2,1-2H3. The Labute approximate surface area is 119 Å². The van der Waals surface area contributed by atoms with Crippen LogP contribution in [0.4, 0.5) is 5.69 Å². The molecule has 0 saturated heterocycles. The van der Waals surface area contributed by atoms with E-state index in [1.807, 2.05) is 13.0 Å². The maximum absolute atomic E-state index is 12.0. The summed E-state index contributed by atoms with van der Waals surface area (Å²) in [5, 5.41) is 3.13. The number of para-hydroxylation sites is 1. The first kappa shape index (κ1) is 14.5. The number of aromatic nitrogens is 2. The Hall–Kier alpha value is -1.95. The van der Waals surface area contributed by atoms with Gasteiger partial charge in [-0.25, -0.2) is 18.4 Å². The second kappa shape index (κ2) is 6.00. The van der Waals surface area contributed by atoms with Crippen molar-refractivity contribution >= 4 is 15.5 Å². The summed E-state index contributed by atoms with van der Waals surface area (Å²) in [5.74, 6) is 0.775. The number of anilines is 1. The first-order chi connectivity index (χ1) is 9.53. The van der Waals surface area contributed by atoms with Gasteiger partial charge >= 0.3 is 0 Å². The van der Waals surface area contributed by atoms with Gasteiger partial charge in [-0.2, -0.15) is 0 Å². The van der Waals surface area contributed by atoms with Crippen molar-refractivity contribution in [2.75, 3.05) is 11.1 Å². The number of hydrogen-bond acceptors (Lipinski definition) is 5. The SMILES string of the molecule is CCS(=O)(=O)c1ccccc1NCc1ccnc(C)n1. The monoisotopic (exact) mass is 291 g/mol. The van der Waals surface area contributed by atoms with Crippen LogP contribution in [0.3, 0.4) is 0 Å². The second-order valence-corrected chi connectivity index (χ2v) is 6.60. The minimum atomic E-state index is -3.24. The Morgan fingerprint density at radius 3 is 2.65 bits per heavy atom. The number of hydrogen-bond donors (Lipinski definition) is 1. The van der Waals surface area contributed by atoms with Crippen LogP contribution in [-0.2, 0) is 16.4 Å². The number of sulfone groups is 1. The van der Waals surface area contributed by atoms with Crippen molar-refractivity contribution in [1.82, 2.24) is 9.97 Å². The van der Waals surface area contributed by atoms with Gasteiger partial charge in [-0.3, -0.25) is 0 Å². The van der Waals surface area contributed by atoms with E-state index in [9.17, 15) is 8.42 Å². The highest BCUT2D eigenvalue weighted by molar-refractivity contribution is 7.91. The molecule has 0 aliphatic carbocycles. The van der Waals surface area contributed by atoms with Crippen molar-refractivity contribution in [1.29, 1.82) is 0 Å². The summed E-state index contributed by atoms with van der Waals surface area (Å²) in [6, 6.07) is 8.71. The van der Waals surface area contributed by atoms with Crippen LogP contribution in [0.5, 0.6) is 0 Å². The summed E-state index contributed by atoms with van der Waals surface area (Å²) < 4.78 is 24.0. The zero-order chi connectivity index (χ0) is 14.6. The number of rotatable bonds is 5. The molecule has 2 aromatic rings. The first-order valence-electron chi connectivity index (χ1n) is 6.37. The lowest BCUT2D eigenvalue weighted by molar-refractivity contribution is 0.597. The number of benzene rings is 1. The molecule has 0 saturated carbocycles. The molecule has 1 N–H and O–H groups in total. The van der Waals surface area contributed by atoms with Crippen molar-refractivity contribution in [2.45, 2.75) is 25.3 Å². The lowest BCUT2D eigenvalue weighted by Gasteiger charge is -2.11. The molecule has 0 unspecified atom stereocenters. The molecule has 106 valence electrons. The lowest BCUT2D eigenvalue weighted by atomic mass is 10.3. The van der Waals surface area contributed by atoms with Gasteiger partial charge in [0.2, 0.25) is 0 Å². The zero-order valence-electron chi connectivity index (χ0n) is 11.5. The van der Waals surface area contributed by atoms with Gasteiger partial charge in [0.15, 0.2) is 9.84 Å². The van der Waals surface area contributed by atoms with E-state index in [1.54, 1.807) is 37.4 Å². The molecule has 1 heterocycles. The number of nitrogens with one attached hydrogen (secondary N) is 1. The molecule has 1 aromatic carbocycles. The summed E-state index contributed by atoms with van der Waals surface area (Å²) in [6.45, 7) is 3.92. The molecule has 0 amide bonds. The van der Waals surface area contributed by atoms with Crippen LogP contribution in [0.1, 0.15) is 18.4 Å². The summed E-state index contributed by atoms with van der Waals surface area (Å²) in [6.07, 6.45) is 1.69. The summed E-state index contributed by atoms with van der Waals surface area (Å²) in [4.78, 5) is 8.63. The van der Waals surface area contributed by atoms with E-state index in [1.165, 1.54) is 0 Å². The van der Waals surface area contributed by atoms with Crippen LogP contribution in [0, 0.1) is 6.92 Å². The summed E-state index contributed by atoms with van der Waals surface area (Å²) >= 11 is 0. The molecule has 0 aliphatic rings. The average molecular weight is 291 g/mol. The molecule has 6 heteroatoms. The summed E-state index contributed by atoms with van der Waals surface area (Å²) in [5.41, 5.74) is 1.42. The fourth-order valence-electron chi connectivity index (χ4n) is 1.83. The highest BCUT2D eigenvalue weighted by atomic mass is 32.2. The Morgan fingerprint density at radius 2 is 1.95 bits per heavy atom. The van der Waals surface area contributed by atoms with Crippen molar-refractivity contribution in [3.8, 4) is 0 Å². The van der Waals surface area contributed by atoms with Gasteiger partial charge in [0.05, 0.1) is 28.6 Å². The highest BCUT2D eigenvalue weighted by Gasteiger charge is 2.15. The van der Waals surface area contributed by atoms with E-state index in [2.05, 4.69) is 15.3 Å². The second-order valence-electron chi connectivity index (χ2n) is 4.35. The van der Waals surface area contributed by atoms with Crippen molar-refractivity contribution < 1.29 is 8.42 Å². The van der Waals surface area contributed by atoms with E-state index in [0.717, 1.165) is 5.69 Å². The van der Waals surface area contributed by atoms with Gasteiger partial charge in [0.1, 0.15) is 5.82 Å². The minimum Gasteiger partial charge on any atom is -0.378 e. The summed E-state index contributed by atoms with van der Waals surface area (Å²) in [7, 11) is -3.24. The molecule has 0 radical (unpaired) electrons. The normalized spacial score (nSPS) is 11.3. The smallest absolute Gasteiger partial charge is 0.180 e. The predicted octanol–water partition coefficient (Wildman–Crippen LogP) is 2.19. The van der Waals surface area contributed by atoms with Crippen molar-refractivity contribution in [3.63, 3.8) is 0 Å². The number of aryl methyl sites for hydroxylation is 1. The van der Waals surface area contributed by atoms with E-state index >= 15 is 0 Å². The maximum Gasteiger partial charge on any atom is 0.180 e. The third kappa shape index (κ3) is 3.33. The Kier molecular flexibility index (Phi) is 4.34. The van der Waals surface area contributed by atoms with Gasteiger partial charge in [-0.1, -0.05) is 19.1 Å². The van der Waals surface area contributed by atoms with Gasteiger partial charge in [0, 0.05) is 6.20 Å². The van der Waals surface area contributed by atoms with Gasteiger partial charge < -0.3 is 5.32 Å². The van der Waals surface area contributed by atoms with Crippen molar-refractivity contribution in [2.24, 2.45) is 0 Å². The van der Waals surface area contributed by atoms with E-state index < -0.39 is 9.84 Å². The maximum atomic E-state index is 12.0. The van der Waals surface area contributed by atoms with Crippen LogP contribution in [0.2, 0.25) is 0 Å².